The number of halogens is 1. The van der Waals surface area contributed by atoms with Crippen molar-refractivity contribution in [3.8, 4) is 0 Å². The zero-order valence-electron chi connectivity index (χ0n) is 12.4. The molecule has 2 heterocycles. The van der Waals surface area contributed by atoms with E-state index in [1.807, 2.05) is 13.1 Å². The van der Waals surface area contributed by atoms with Crippen LogP contribution in [0.4, 0.5) is 5.69 Å². The van der Waals surface area contributed by atoms with Crippen molar-refractivity contribution >= 4 is 17.3 Å². The van der Waals surface area contributed by atoms with Gasteiger partial charge in [0.05, 0.1) is 10.7 Å². The summed E-state index contributed by atoms with van der Waals surface area (Å²) < 4.78 is 0. The average Bonchev–Trinajstić information content (AvgIpc) is 2.66. The molecule has 2 saturated heterocycles. The molecule has 20 heavy (non-hydrogen) atoms. The van der Waals surface area contributed by atoms with Crippen LogP contribution < -0.4 is 10.2 Å². The maximum atomic E-state index is 6.51. The van der Waals surface area contributed by atoms with Crippen LogP contribution in [0.5, 0.6) is 0 Å². The second-order valence-corrected chi connectivity index (χ2v) is 6.47. The number of hydrogen-bond donors (Lipinski definition) is 1. The molecule has 2 atom stereocenters. The number of rotatable bonds is 3. The van der Waals surface area contributed by atoms with Crippen LogP contribution in [0.2, 0.25) is 5.02 Å². The van der Waals surface area contributed by atoms with Crippen LogP contribution in [0.3, 0.4) is 0 Å². The zero-order valence-corrected chi connectivity index (χ0v) is 13.2. The van der Waals surface area contributed by atoms with E-state index < -0.39 is 0 Å². The van der Waals surface area contributed by atoms with Gasteiger partial charge in [0, 0.05) is 31.7 Å². The number of nitrogens with zero attached hydrogens (tertiary/aromatic N) is 2. The maximum Gasteiger partial charge on any atom is 0.0642 e. The Morgan fingerprint density at radius 1 is 1.25 bits per heavy atom. The van der Waals surface area contributed by atoms with Crippen molar-refractivity contribution in [3.05, 3.63) is 28.8 Å². The Labute approximate surface area is 126 Å². The van der Waals surface area contributed by atoms with E-state index in [0.717, 1.165) is 30.7 Å². The molecule has 2 unspecified atom stereocenters. The number of likely N-dealkylation sites (N-methyl/N-ethyl adjacent to an activating group) is 1. The van der Waals surface area contributed by atoms with Crippen molar-refractivity contribution in [2.24, 2.45) is 0 Å². The van der Waals surface area contributed by atoms with Crippen molar-refractivity contribution in [1.29, 1.82) is 0 Å². The molecule has 1 aromatic rings. The number of hydrogen-bond acceptors (Lipinski definition) is 3. The fourth-order valence-electron chi connectivity index (χ4n) is 3.76. The van der Waals surface area contributed by atoms with Crippen molar-refractivity contribution in [2.75, 3.05) is 32.1 Å². The molecule has 0 spiro atoms. The highest BCUT2D eigenvalue weighted by atomic mass is 35.5. The van der Waals surface area contributed by atoms with Crippen LogP contribution >= 0.6 is 11.6 Å². The van der Waals surface area contributed by atoms with E-state index in [-0.39, 0.29) is 0 Å². The number of benzene rings is 1. The average molecular weight is 294 g/mol. The van der Waals surface area contributed by atoms with E-state index >= 15 is 0 Å². The van der Waals surface area contributed by atoms with Gasteiger partial charge in [0.25, 0.3) is 0 Å². The lowest BCUT2D eigenvalue weighted by Crippen LogP contribution is -2.37. The van der Waals surface area contributed by atoms with E-state index in [2.05, 4.69) is 34.3 Å². The van der Waals surface area contributed by atoms with Gasteiger partial charge in [-0.15, -0.1) is 0 Å². The van der Waals surface area contributed by atoms with Gasteiger partial charge in [-0.3, -0.25) is 4.90 Å². The highest BCUT2D eigenvalue weighted by molar-refractivity contribution is 6.33. The molecule has 2 bridgehead atoms. The first-order valence-electron chi connectivity index (χ1n) is 7.59. The minimum absolute atomic E-state index is 0.682. The summed E-state index contributed by atoms with van der Waals surface area (Å²) >= 11 is 6.51. The van der Waals surface area contributed by atoms with Gasteiger partial charge in [0.2, 0.25) is 0 Å². The predicted octanol–water partition coefficient (Wildman–Crippen LogP) is 2.73. The molecule has 0 radical (unpaired) electrons. The van der Waals surface area contributed by atoms with Crippen LogP contribution in [0.1, 0.15) is 24.8 Å². The number of anilines is 1. The Bertz CT molecular complexity index is 477. The Morgan fingerprint density at radius 3 is 2.85 bits per heavy atom. The Balaban J connectivity index is 1.89. The summed E-state index contributed by atoms with van der Waals surface area (Å²) in [7, 11) is 4.27. The first-order chi connectivity index (χ1) is 9.70. The highest BCUT2D eigenvalue weighted by Crippen LogP contribution is 2.35. The Morgan fingerprint density at radius 2 is 2.05 bits per heavy atom. The van der Waals surface area contributed by atoms with Gasteiger partial charge in [0.15, 0.2) is 0 Å². The molecule has 0 saturated carbocycles. The van der Waals surface area contributed by atoms with Gasteiger partial charge >= 0.3 is 0 Å². The smallest absolute Gasteiger partial charge is 0.0642 e. The number of fused-ring (bicyclic) bond motifs is 2. The van der Waals surface area contributed by atoms with E-state index in [4.69, 9.17) is 11.6 Å². The van der Waals surface area contributed by atoms with Gasteiger partial charge in [-0.05, 0) is 45.0 Å². The summed E-state index contributed by atoms with van der Waals surface area (Å²) in [5.74, 6) is 0. The highest BCUT2D eigenvalue weighted by Gasteiger charge is 2.35. The molecule has 0 aliphatic carbocycles. The van der Waals surface area contributed by atoms with Crippen LogP contribution in [0, 0.1) is 0 Å². The van der Waals surface area contributed by atoms with Crippen LogP contribution in [-0.4, -0.2) is 44.2 Å². The second kappa shape index (κ2) is 5.92. The minimum Gasteiger partial charge on any atom is -0.368 e. The van der Waals surface area contributed by atoms with Crippen molar-refractivity contribution in [3.63, 3.8) is 0 Å². The molecule has 3 nitrogen and oxygen atoms in total. The first kappa shape index (κ1) is 14.2. The van der Waals surface area contributed by atoms with Gasteiger partial charge in [-0.2, -0.15) is 0 Å². The van der Waals surface area contributed by atoms with E-state index in [1.54, 1.807) is 0 Å². The quantitative estimate of drug-likeness (QED) is 0.924. The van der Waals surface area contributed by atoms with Gasteiger partial charge in [-0.25, -0.2) is 0 Å². The molecule has 3 rings (SSSR count). The Hall–Kier alpha value is -0.770. The molecule has 2 aliphatic heterocycles. The fraction of sp³-hybridized carbons (Fsp3) is 0.625. The summed E-state index contributed by atoms with van der Waals surface area (Å²) in [5, 5.41) is 4.14. The van der Waals surface area contributed by atoms with Gasteiger partial charge in [-0.1, -0.05) is 23.7 Å². The number of para-hydroxylation sites is 1. The molecular weight excluding hydrogens is 270 g/mol. The normalized spacial score (nSPS) is 26.9. The van der Waals surface area contributed by atoms with Crippen LogP contribution in [0.25, 0.3) is 0 Å². The molecule has 2 fully saturated rings. The van der Waals surface area contributed by atoms with Gasteiger partial charge < -0.3 is 10.2 Å². The van der Waals surface area contributed by atoms with E-state index in [0.29, 0.717) is 6.04 Å². The lowest BCUT2D eigenvalue weighted by atomic mass is 10.1. The molecule has 110 valence electrons. The topological polar surface area (TPSA) is 18.5 Å². The predicted molar refractivity (Wildman–Crippen MR) is 85.6 cm³/mol. The third kappa shape index (κ3) is 2.54. The summed E-state index contributed by atoms with van der Waals surface area (Å²) in [5.41, 5.74) is 2.55. The molecular formula is C16H24ClN3. The lowest BCUT2D eigenvalue weighted by molar-refractivity contribution is 0.254. The number of nitrogens with one attached hydrogen (secondary N) is 1. The van der Waals surface area contributed by atoms with Crippen LogP contribution in [0.15, 0.2) is 18.2 Å². The lowest BCUT2D eigenvalue weighted by Gasteiger charge is -2.30. The Kier molecular flexibility index (Phi) is 4.20. The summed E-state index contributed by atoms with van der Waals surface area (Å²) in [6, 6.07) is 7.70. The first-order valence-corrected chi connectivity index (χ1v) is 7.97. The second-order valence-electron chi connectivity index (χ2n) is 6.06. The molecule has 1 N–H and O–H groups in total. The third-order valence-electron chi connectivity index (χ3n) is 4.90. The molecule has 2 aliphatic rings. The zero-order chi connectivity index (χ0) is 14.1. The van der Waals surface area contributed by atoms with Crippen molar-refractivity contribution in [2.45, 2.75) is 37.9 Å². The molecule has 4 heteroatoms. The largest absolute Gasteiger partial charge is 0.368 e. The maximum absolute atomic E-state index is 6.51. The van der Waals surface area contributed by atoms with Crippen molar-refractivity contribution in [1.82, 2.24) is 10.2 Å². The third-order valence-corrected chi connectivity index (χ3v) is 5.21. The summed E-state index contributed by atoms with van der Waals surface area (Å²) in [4.78, 5) is 5.09. The SMILES string of the molecule is CNCc1cccc(Cl)c1N1CCC2CCC(C1)N2C. The minimum atomic E-state index is 0.682. The summed E-state index contributed by atoms with van der Waals surface area (Å²) in [6.45, 7) is 3.09. The monoisotopic (exact) mass is 293 g/mol. The standard InChI is InChI=1S/C16H24ClN3/c1-18-10-12-4-3-5-15(17)16(12)20-9-8-13-6-7-14(11-20)19(13)2/h3-5,13-14,18H,6-11H2,1-2H3. The van der Waals surface area contributed by atoms with E-state index in [9.17, 15) is 0 Å². The molecule has 0 amide bonds. The van der Waals surface area contributed by atoms with E-state index in [1.165, 1.54) is 30.5 Å². The fourth-order valence-corrected chi connectivity index (χ4v) is 4.07. The van der Waals surface area contributed by atoms with Crippen molar-refractivity contribution < 1.29 is 0 Å². The summed E-state index contributed by atoms with van der Waals surface area (Å²) in [6.07, 6.45) is 3.93. The van der Waals surface area contributed by atoms with Crippen LogP contribution in [-0.2, 0) is 6.54 Å². The molecule has 1 aromatic carbocycles. The molecule has 0 aromatic heterocycles. The van der Waals surface area contributed by atoms with Gasteiger partial charge in [0.1, 0.15) is 0 Å².